The lowest BCUT2D eigenvalue weighted by Gasteiger charge is -2.31. The Morgan fingerprint density at radius 3 is 2.37 bits per heavy atom. The van der Waals surface area contributed by atoms with Crippen LogP contribution < -0.4 is 10.6 Å². The number of rotatable bonds is 5. The predicted molar refractivity (Wildman–Crippen MR) is 109 cm³/mol. The maximum atomic E-state index is 12.4. The van der Waals surface area contributed by atoms with Gasteiger partial charge in [-0.1, -0.05) is 24.3 Å². The molecule has 1 aliphatic rings. The Hall–Kier alpha value is -2.38. The second kappa shape index (κ2) is 8.10. The molecule has 0 spiro atoms. The fraction of sp³-hybridized carbons (Fsp3) is 0.350. The molecule has 2 aromatic carbocycles. The number of nitrogens with zero attached hydrogens (tertiary/aromatic N) is 1. The van der Waals surface area contributed by atoms with E-state index in [0.717, 1.165) is 29.8 Å². The van der Waals surface area contributed by atoms with E-state index in [1.807, 2.05) is 43.3 Å². The Morgan fingerprint density at radius 1 is 1.07 bits per heavy atom. The second-order valence-electron chi connectivity index (χ2n) is 6.93. The topological polar surface area (TPSA) is 78.5 Å². The van der Waals surface area contributed by atoms with E-state index in [0.29, 0.717) is 18.7 Å². The molecule has 7 heteroatoms. The van der Waals surface area contributed by atoms with E-state index in [1.165, 1.54) is 10.6 Å². The summed E-state index contributed by atoms with van der Waals surface area (Å²) >= 11 is 0. The molecule has 2 N–H and O–H groups in total. The van der Waals surface area contributed by atoms with Gasteiger partial charge in [-0.05, 0) is 49.6 Å². The van der Waals surface area contributed by atoms with E-state index in [1.54, 1.807) is 12.1 Å². The lowest BCUT2D eigenvalue weighted by molar-refractivity contribution is 0.102. The van der Waals surface area contributed by atoms with Crippen molar-refractivity contribution < 1.29 is 13.2 Å². The third-order valence-electron chi connectivity index (χ3n) is 4.82. The quantitative estimate of drug-likeness (QED) is 0.826. The largest absolute Gasteiger partial charge is 0.382 e. The van der Waals surface area contributed by atoms with E-state index >= 15 is 0 Å². The number of anilines is 2. The molecule has 27 heavy (non-hydrogen) atoms. The zero-order valence-electron chi connectivity index (χ0n) is 15.6. The van der Waals surface area contributed by atoms with Crippen molar-refractivity contribution in [3.8, 4) is 0 Å². The normalized spacial score (nSPS) is 16.1. The minimum atomic E-state index is -3.12. The molecule has 0 atom stereocenters. The molecule has 1 saturated heterocycles. The Kier molecular flexibility index (Phi) is 5.82. The van der Waals surface area contributed by atoms with Crippen LogP contribution in [0.1, 0.15) is 28.8 Å². The Labute approximate surface area is 160 Å². The maximum absolute atomic E-state index is 12.4. The molecular formula is C20H25N3O3S. The van der Waals surface area contributed by atoms with E-state index in [9.17, 15) is 13.2 Å². The van der Waals surface area contributed by atoms with E-state index in [4.69, 9.17) is 0 Å². The van der Waals surface area contributed by atoms with Crippen LogP contribution in [0.5, 0.6) is 0 Å². The van der Waals surface area contributed by atoms with E-state index in [-0.39, 0.29) is 11.9 Å². The first kappa shape index (κ1) is 19.4. The summed E-state index contributed by atoms with van der Waals surface area (Å²) in [5, 5.41) is 6.43. The number of carbonyl (C=O) groups is 1. The Morgan fingerprint density at radius 2 is 1.74 bits per heavy atom. The fourth-order valence-corrected chi connectivity index (χ4v) is 4.07. The SMILES string of the molecule is Cc1ccc(NC2CCN(S(C)(=O)=O)CC2)cc1NC(=O)c1ccccc1. The van der Waals surface area contributed by atoms with Gasteiger partial charge in [0.15, 0.2) is 0 Å². The monoisotopic (exact) mass is 387 g/mol. The molecule has 6 nitrogen and oxygen atoms in total. The van der Waals surface area contributed by atoms with Gasteiger partial charge in [0.25, 0.3) is 5.91 Å². The third-order valence-corrected chi connectivity index (χ3v) is 6.12. The van der Waals surface area contributed by atoms with Crippen LogP contribution in [0.3, 0.4) is 0 Å². The first-order valence-corrected chi connectivity index (χ1v) is 10.9. The molecule has 144 valence electrons. The number of aryl methyl sites for hydroxylation is 1. The molecule has 3 rings (SSSR count). The minimum absolute atomic E-state index is 0.141. The molecule has 0 saturated carbocycles. The summed E-state index contributed by atoms with van der Waals surface area (Å²) < 4.78 is 24.8. The zero-order valence-corrected chi connectivity index (χ0v) is 16.4. The number of piperidine rings is 1. The summed E-state index contributed by atoms with van der Waals surface area (Å²) in [6, 6.07) is 15.2. The molecule has 1 heterocycles. The van der Waals surface area contributed by atoms with Crippen molar-refractivity contribution in [2.75, 3.05) is 30.0 Å². The molecule has 0 radical (unpaired) electrons. The van der Waals surface area contributed by atoms with Gasteiger partial charge in [0.05, 0.1) is 6.26 Å². The van der Waals surface area contributed by atoms with Crippen LogP contribution in [-0.2, 0) is 10.0 Å². The van der Waals surface area contributed by atoms with Crippen LogP contribution in [0.15, 0.2) is 48.5 Å². The molecule has 1 amide bonds. The van der Waals surface area contributed by atoms with Crippen LogP contribution in [-0.4, -0.2) is 44.0 Å². The van der Waals surface area contributed by atoms with Crippen molar-refractivity contribution in [1.82, 2.24) is 4.31 Å². The lowest BCUT2D eigenvalue weighted by Crippen LogP contribution is -2.41. The smallest absolute Gasteiger partial charge is 0.255 e. The molecule has 0 aliphatic carbocycles. The van der Waals surface area contributed by atoms with Crippen molar-refractivity contribution in [1.29, 1.82) is 0 Å². The number of sulfonamides is 1. The van der Waals surface area contributed by atoms with Gasteiger partial charge in [0, 0.05) is 36.1 Å². The summed E-state index contributed by atoms with van der Waals surface area (Å²) in [6.45, 7) is 3.01. The van der Waals surface area contributed by atoms with Gasteiger partial charge in [-0.25, -0.2) is 12.7 Å². The average Bonchev–Trinajstić information content (AvgIpc) is 2.65. The molecule has 0 unspecified atom stereocenters. The minimum Gasteiger partial charge on any atom is -0.382 e. The number of amides is 1. The number of carbonyl (C=O) groups excluding carboxylic acids is 1. The highest BCUT2D eigenvalue weighted by molar-refractivity contribution is 7.88. The van der Waals surface area contributed by atoms with Gasteiger partial charge in [0.2, 0.25) is 10.0 Å². The highest BCUT2D eigenvalue weighted by atomic mass is 32.2. The first-order chi connectivity index (χ1) is 12.8. The summed E-state index contributed by atoms with van der Waals surface area (Å²) in [4.78, 5) is 12.4. The second-order valence-corrected chi connectivity index (χ2v) is 8.91. The van der Waals surface area contributed by atoms with Crippen LogP contribution >= 0.6 is 0 Å². The Bertz CT molecular complexity index is 905. The zero-order chi connectivity index (χ0) is 19.4. The van der Waals surface area contributed by atoms with Crippen molar-refractivity contribution in [2.45, 2.75) is 25.8 Å². The van der Waals surface area contributed by atoms with Crippen LogP contribution in [0.25, 0.3) is 0 Å². The van der Waals surface area contributed by atoms with E-state index < -0.39 is 10.0 Å². The molecule has 0 aromatic heterocycles. The van der Waals surface area contributed by atoms with E-state index in [2.05, 4.69) is 10.6 Å². The van der Waals surface area contributed by atoms with Crippen LogP contribution in [0.4, 0.5) is 11.4 Å². The van der Waals surface area contributed by atoms with Crippen molar-refractivity contribution in [3.05, 3.63) is 59.7 Å². The summed E-state index contributed by atoms with van der Waals surface area (Å²) in [6.07, 6.45) is 2.77. The van der Waals surface area contributed by atoms with Crippen molar-refractivity contribution in [3.63, 3.8) is 0 Å². The molecular weight excluding hydrogens is 362 g/mol. The number of hydrogen-bond acceptors (Lipinski definition) is 4. The highest BCUT2D eigenvalue weighted by Crippen LogP contribution is 2.24. The summed E-state index contributed by atoms with van der Waals surface area (Å²) in [5.74, 6) is -0.141. The number of hydrogen-bond donors (Lipinski definition) is 2. The first-order valence-electron chi connectivity index (χ1n) is 9.01. The average molecular weight is 388 g/mol. The van der Waals surface area contributed by atoms with Crippen LogP contribution in [0, 0.1) is 6.92 Å². The van der Waals surface area contributed by atoms with Gasteiger partial charge < -0.3 is 10.6 Å². The number of nitrogens with one attached hydrogen (secondary N) is 2. The van der Waals surface area contributed by atoms with Gasteiger partial charge >= 0.3 is 0 Å². The van der Waals surface area contributed by atoms with Crippen molar-refractivity contribution in [2.24, 2.45) is 0 Å². The number of benzene rings is 2. The van der Waals surface area contributed by atoms with Crippen LogP contribution in [0.2, 0.25) is 0 Å². The maximum Gasteiger partial charge on any atom is 0.255 e. The molecule has 1 aliphatic heterocycles. The lowest BCUT2D eigenvalue weighted by atomic mass is 10.1. The van der Waals surface area contributed by atoms with Gasteiger partial charge in [-0.2, -0.15) is 0 Å². The van der Waals surface area contributed by atoms with Crippen molar-refractivity contribution >= 4 is 27.3 Å². The molecule has 2 aromatic rings. The summed E-state index contributed by atoms with van der Waals surface area (Å²) in [5.41, 5.74) is 3.28. The molecule has 1 fully saturated rings. The van der Waals surface area contributed by atoms with Gasteiger partial charge in [-0.3, -0.25) is 4.79 Å². The van der Waals surface area contributed by atoms with Gasteiger partial charge in [-0.15, -0.1) is 0 Å². The highest BCUT2D eigenvalue weighted by Gasteiger charge is 2.24. The Balaban J connectivity index is 1.65. The molecule has 0 bridgehead atoms. The van der Waals surface area contributed by atoms with Gasteiger partial charge in [0.1, 0.15) is 0 Å². The standard InChI is InChI=1S/C20H25N3O3S/c1-15-8-9-18(21-17-10-12-23(13-11-17)27(2,25)26)14-19(15)22-20(24)16-6-4-3-5-7-16/h3-9,14,17,21H,10-13H2,1-2H3,(H,22,24). The summed E-state index contributed by atoms with van der Waals surface area (Å²) in [7, 11) is -3.12. The fourth-order valence-electron chi connectivity index (χ4n) is 3.20. The predicted octanol–water partition coefficient (Wildman–Crippen LogP) is 3.08. The third kappa shape index (κ3) is 5.08.